The van der Waals surface area contributed by atoms with Crippen LogP contribution in [-0.4, -0.2) is 23.1 Å². The molecule has 0 radical (unpaired) electrons. The van der Waals surface area contributed by atoms with E-state index in [2.05, 4.69) is 57.1 Å². The number of nitrogens with one attached hydrogen (secondary N) is 2. The van der Waals surface area contributed by atoms with Crippen molar-refractivity contribution in [1.82, 2.24) is 20.8 Å². The van der Waals surface area contributed by atoms with E-state index in [1.54, 1.807) is 18.4 Å². The maximum Gasteiger partial charge on any atom is 0.191 e. The molecule has 0 aliphatic heterocycles. The molecule has 0 saturated heterocycles. The van der Waals surface area contributed by atoms with Crippen molar-refractivity contribution in [3.8, 4) is 10.6 Å². The van der Waals surface area contributed by atoms with Crippen LogP contribution >= 0.6 is 35.3 Å². The molecule has 2 N–H and O–H groups in total. The molecule has 1 aromatic carbocycles. The summed E-state index contributed by atoms with van der Waals surface area (Å²) in [4.78, 5) is 8.91. The average Bonchev–Trinajstić information content (AvgIpc) is 3.32. The molecular weight excluding hydrogens is 473 g/mol. The van der Waals surface area contributed by atoms with Gasteiger partial charge < -0.3 is 15.2 Å². The Morgan fingerprint density at radius 1 is 1.19 bits per heavy atom. The van der Waals surface area contributed by atoms with Crippen LogP contribution in [0.4, 0.5) is 0 Å². The third kappa shape index (κ3) is 6.03. The molecule has 0 atom stereocenters. The zero-order chi connectivity index (χ0) is 18.4. The van der Waals surface area contributed by atoms with Gasteiger partial charge in [-0.05, 0) is 5.92 Å². The van der Waals surface area contributed by atoms with E-state index in [4.69, 9.17) is 4.52 Å². The van der Waals surface area contributed by atoms with Gasteiger partial charge in [0.2, 0.25) is 0 Å². The highest BCUT2D eigenvalue weighted by molar-refractivity contribution is 14.0. The molecule has 0 bridgehead atoms. The maximum atomic E-state index is 5.33. The fraction of sp³-hybridized carbons (Fsp3) is 0.316. The Labute approximate surface area is 180 Å². The minimum absolute atomic E-state index is 0. The lowest BCUT2D eigenvalue weighted by Crippen LogP contribution is -2.36. The summed E-state index contributed by atoms with van der Waals surface area (Å²) in [6, 6.07) is 12.2. The SMILES string of the molecule is CN=C(NCc1csc(-c2ccccc2)n1)NCc1cc(C(C)C)no1.I. The Morgan fingerprint density at radius 3 is 2.59 bits per heavy atom. The van der Waals surface area contributed by atoms with Crippen LogP contribution in [0.3, 0.4) is 0 Å². The summed E-state index contributed by atoms with van der Waals surface area (Å²) in [6.45, 7) is 5.32. The number of nitrogens with zero attached hydrogens (tertiary/aromatic N) is 3. The first-order valence-corrected chi connectivity index (χ1v) is 9.43. The number of aliphatic imine (C=N–C) groups is 1. The van der Waals surface area contributed by atoms with Gasteiger partial charge >= 0.3 is 0 Å². The third-order valence-electron chi connectivity index (χ3n) is 3.83. The second-order valence-electron chi connectivity index (χ2n) is 6.16. The molecule has 3 aromatic rings. The molecule has 8 heteroatoms. The summed E-state index contributed by atoms with van der Waals surface area (Å²) in [5.74, 6) is 1.84. The lowest BCUT2D eigenvalue weighted by Gasteiger charge is -2.09. The molecule has 0 aliphatic carbocycles. The highest BCUT2D eigenvalue weighted by atomic mass is 127. The molecule has 2 heterocycles. The molecule has 3 rings (SSSR count). The molecular formula is C19H24IN5OS. The summed E-state index contributed by atoms with van der Waals surface area (Å²) >= 11 is 1.64. The van der Waals surface area contributed by atoms with Crippen molar-refractivity contribution in [2.24, 2.45) is 4.99 Å². The van der Waals surface area contributed by atoms with Crippen molar-refractivity contribution >= 4 is 41.3 Å². The normalized spacial score (nSPS) is 11.3. The molecule has 2 aromatic heterocycles. The summed E-state index contributed by atoms with van der Waals surface area (Å²) in [5, 5.41) is 13.6. The number of aromatic nitrogens is 2. The fourth-order valence-corrected chi connectivity index (χ4v) is 3.18. The van der Waals surface area contributed by atoms with Crippen molar-refractivity contribution in [3.63, 3.8) is 0 Å². The smallest absolute Gasteiger partial charge is 0.191 e. The largest absolute Gasteiger partial charge is 0.359 e. The Balaban J connectivity index is 0.00000261. The first-order valence-electron chi connectivity index (χ1n) is 8.55. The van der Waals surface area contributed by atoms with E-state index in [0.29, 0.717) is 25.0 Å². The summed E-state index contributed by atoms with van der Waals surface area (Å²) in [7, 11) is 1.74. The van der Waals surface area contributed by atoms with E-state index in [1.165, 1.54) is 0 Å². The van der Waals surface area contributed by atoms with E-state index in [1.807, 2.05) is 24.3 Å². The van der Waals surface area contributed by atoms with Crippen LogP contribution in [0.2, 0.25) is 0 Å². The molecule has 27 heavy (non-hydrogen) atoms. The summed E-state index contributed by atoms with van der Waals surface area (Å²) < 4.78 is 5.33. The van der Waals surface area contributed by atoms with Crippen LogP contribution in [0.25, 0.3) is 10.6 Å². The molecule has 0 amide bonds. The number of hydrogen-bond acceptors (Lipinski definition) is 5. The average molecular weight is 497 g/mol. The monoisotopic (exact) mass is 497 g/mol. The maximum absolute atomic E-state index is 5.33. The van der Waals surface area contributed by atoms with Crippen LogP contribution < -0.4 is 10.6 Å². The minimum Gasteiger partial charge on any atom is -0.359 e. The number of rotatable bonds is 6. The van der Waals surface area contributed by atoms with Gasteiger partial charge in [-0.15, -0.1) is 35.3 Å². The van der Waals surface area contributed by atoms with Crippen LogP contribution in [0, 0.1) is 0 Å². The summed E-state index contributed by atoms with van der Waals surface area (Å²) in [5.41, 5.74) is 3.08. The quantitative estimate of drug-likeness (QED) is 0.300. The Morgan fingerprint density at radius 2 is 1.93 bits per heavy atom. The van der Waals surface area contributed by atoms with Crippen molar-refractivity contribution in [1.29, 1.82) is 0 Å². The lowest BCUT2D eigenvalue weighted by atomic mass is 10.1. The number of halogens is 1. The number of hydrogen-bond donors (Lipinski definition) is 2. The molecule has 0 spiro atoms. The predicted molar refractivity (Wildman–Crippen MR) is 121 cm³/mol. The van der Waals surface area contributed by atoms with Crippen LogP contribution in [0.15, 0.2) is 51.3 Å². The van der Waals surface area contributed by atoms with E-state index in [0.717, 1.165) is 27.7 Å². The number of benzene rings is 1. The van der Waals surface area contributed by atoms with Crippen LogP contribution in [-0.2, 0) is 13.1 Å². The van der Waals surface area contributed by atoms with Gasteiger partial charge in [0.1, 0.15) is 5.01 Å². The second-order valence-corrected chi connectivity index (χ2v) is 7.02. The van der Waals surface area contributed by atoms with Gasteiger partial charge in [0.25, 0.3) is 0 Å². The third-order valence-corrected chi connectivity index (χ3v) is 4.77. The Bertz CT molecular complexity index is 860. The number of thiazole rings is 1. The second kappa shape index (κ2) is 10.4. The van der Waals surface area contributed by atoms with E-state index in [9.17, 15) is 0 Å². The minimum atomic E-state index is 0. The molecule has 0 saturated carbocycles. The fourth-order valence-electron chi connectivity index (χ4n) is 2.35. The lowest BCUT2D eigenvalue weighted by molar-refractivity contribution is 0.372. The Kier molecular flexibility index (Phi) is 8.23. The van der Waals surface area contributed by atoms with Gasteiger partial charge in [0.05, 0.1) is 24.5 Å². The summed E-state index contributed by atoms with van der Waals surface area (Å²) in [6.07, 6.45) is 0. The van der Waals surface area contributed by atoms with Gasteiger partial charge in [0, 0.05) is 24.1 Å². The van der Waals surface area contributed by atoms with Gasteiger partial charge in [-0.3, -0.25) is 4.99 Å². The predicted octanol–water partition coefficient (Wildman–Crippen LogP) is 4.40. The highest BCUT2D eigenvalue weighted by Crippen LogP contribution is 2.23. The van der Waals surface area contributed by atoms with Crippen molar-refractivity contribution in [3.05, 3.63) is 58.9 Å². The molecule has 144 valence electrons. The molecule has 6 nitrogen and oxygen atoms in total. The molecule has 0 aliphatic rings. The first-order chi connectivity index (χ1) is 12.7. The molecule has 0 unspecified atom stereocenters. The van der Waals surface area contributed by atoms with Gasteiger partial charge in [0.15, 0.2) is 11.7 Å². The number of guanidine groups is 1. The van der Waals surface area contributed by atoms with Crippen molar-refractivity contribution < 1.29 is 4.52 Å². The first kappa shape index (κ1) is 21.4. The van der Waals surface area contributed by atoms with E-state index in [-0.39, 0.29) is 24.0 Å². The zero-order valence-corrected chi connectivity index (χ0v) is 18.7. The van der Waals surface area contributed by atoms with Gasteiger partial charge in [-0.1, -0.05) is 49.3 Å². The topological polar surface area (TPSA) is 75.3 Å². The Hall–Kier alpha value is -1.94. The van der Waals surface area contributed by atoms with Crippen LogP contribution in [0.5, 0.6) is 0 Å². The van der Waals surface area contributed by atoms with E-state index < -0.39 is 0 Å². The van der Waals surface area contributed by atoms with Gasteiger partial charge in [-0.2, -0.15) is 0 Å². The standard InChI is InChI=1S/C19H23N5OS.HI/c1-13(2)17-9-16(25-24-17)11-22-19(20-3)21-10-15-12-26-18(23-15)14-7-5-4-6-8-14;/h4-9,12-13H,10-11H2,1-3H3,(H2,20,21,22);1H. The van der Waals surface area contributed by atoms with E-state index >= 15 is 0 Å². The van der Waals surface area contributed by atoms with Gasteiger partial charge in [-0.25, -0.2) is 4.98 Å². The van der Waals surface area contributed by atoms with Crippen molar-refractivity contribution in [2.45, 2.75) is 32.9 Å². The molecule has 0 fully saturated rings. The van der Waals surface area contributed by atoms with Crippen LogP contribution in [0.1, 0.15) is 36.9 Å². The highest BCUT2D eigenvalue weighted by Gasteiger charge is 2.09. The van der Waals surface area contributed by atoms with Crippen molar-refractivity contribution in [2.75, 3.05) is 7.05 Å². The zero-order valence-electron chi connectivity index (χ0n) is 15.6.